The van der Waals surface area contributed by atoms with Crippen LogP contribution in [0, 0.1) is 5.92 Å². The van der Waals surface area contributed by atoms with Gasteiger partial charge in [0.05, 0.1) is 0 Å². The largest absolute Gasteiger partial charge is 0.342 e. The minimum atomic E-state index is -0.478. The number of piperazine rings is 1. The van der Waals surface area contributed by atoms with E-state index in [4.69, 9.17) is 11.6 Å². The standard InChI is InChI=1S/C15H19ClN2O2/c1-9(2)13-15(20)18(10(3)14(19)17-13)8-11-6-4-5-7-12(11)16/h4-7,9-10,13H,8H2,1-3H3,(H,17,19). The van der Waals surface area contributed by atoms with E-state index in [2.05, 4.69) is 5.32 Å². The van der Waals surface area contributed by atoms with Crippen molar-refractivity contribution in [1.29, 1.82) is 0 Å². The van der Waals surface area contributed by atoms with Crippen molar-refractivity contribution in [2.75, 3.05) is 0 Å². The predicted octanol–water partition coefficient (Wildman–Crippen LogP) is 2.21. The molecule has 108 valence electrons. The van der Waals surface area contributed by atoms with Gasteiger partial charge < -0.3 is 10.2 Å². The molecule has 2 rings (SSSR count). The Kier molecular flexibility index (Phi) is 4.33. The molecule has 1 aromatic rings. The van der Waals surface area contributed by atoms with Crippen LogP contribution in [0.15, 0.2) is 24.3 Å². The molecule has 20 heavy (non-hydrogen) atoms. The fourth-order valence-corrected chi connectivity index (χ4v) is 2.52. The predicted molar refractivity (Wildman–Crippen MR) is 78.2 cm³/mol. The Morgan fingerprint density at radius 1 is 1.30 bits per heavy atom. The fraction of sp³-hybridized carbons (Fsp3) is 0.467. The molecule has 4 nitrogen and oxygen atoms in total. The molecule has 0 saturated carbocycles. The molecule has 2 atom stereocenters. The lowest BCUT2D eigenvalue weighted by Gasteiger charge is -2.39. The van der Waals surface area contributed by atoms with Crippen molar-refractivity contribution in [3.05, 3.63) is 34.9 Å². The van der Waals surface area contributed by atoms with Crippen molar-refractivity contribution in [2.24, 2.45) is 5.92 Å². The summed E-state index contributed by atoms with van der Waals surface area (Å²) in [5.74, 6) is -0.102. The molecule has 0 radical (unpaired) electrons. The van der Waals surface area contributed by atoms with Crippen LogP contribution in [0.5, 0.6) is 0 Å². The van der Waals surface area contributed by atoms with Crippen LogP contribution in [-0.4, -0.2) is 28.8 Å². The lowest BCUT2D eigenvalue weighted by atomic mass is 9.98. The summed E-state index contributed by atoms with van der Waals surface area (Å²) in [5, 5.41) is 3.39. The maximum atomic E-state index is 12.5. The first kappa shape index (κ1) is 14.9. The van der Waals surface area contributed by atoms with Crippen LogP contribution in [0.1, 0.15) is 26.3 Å². The van der Waals surface area contributed by atoms with Crippen LogP contribution in [0.3, 0.4) is 0 Å². The van der Waals surface area contributed by atoms with E-state index in [1.807, 2.05) is 32.0 Å². The summed E-state index contributed by atoms with van der Waals surface area (Å²) >= 11 is 6.14. The SMILES string of the molecule is CC(C)C1NC(=O)C(C)N(Cc2ccccc2Cl)C1=O. The lowest BCUT2D eigenvalue weighted by Crippen LogP contribution is -2.63. The third-order valence-corrected chi connectivity index (χ3v) is 4.03. The highest BCUT2D eigenvalue weighted by Crippen LogP contribution is 2.22. The molecule has 1 N–H and O–H groups in total. The zero-order valence-corrected chi connectivity index (χ0v) is 12.6. The second kappa shape index (κ2) is 5.83. The van der Waals surface area contributed by atoms with Gasteiger partial charge in [-0.25, -0.2) is 0 Å². The van der Waals surface area contributed by atoms with E-state index in [-0.39, 0.29) is 17.7 Å². The van der Waals surface area contributed by atoms with Crippen molar-refractivity contribution in [1.82, 2.24) is 10.2 Å². The molecule has 0 bridgehead atoms. The van der Waals surface area contributed by atoms with Gasteiger partial charge in [0.1, 0.15) is 12.1 Å². The van der Waals surface area contributed by atoms with Crippen LogP contribution < -0.4 is 5.32 Å². The summed E-state index contributed by atoms with van der Waals surface area (Å²) in [6.45, 7) is 5.94. The third kappa shape index (κ3) is 2.80. The average Bonchev–Trinajstić information content (AvgIpc) is 2.40. The molecule has 1 aromatic carbocycles. The van der Waals surface area contributed by atoms with Gasteiger partial charge in [-0.15, -0.1) is 0 Å². The van der Waals surface area contributed by atoms with Gasteiger partial charge in [-0.05, 0) is 24.5 Å². The summed E-state index contributed by atoms with van der Waals surface area (Å²) in [6.07, 6.45) is 0. The maximum absolute atomic E-state index is 12.5. The molecule has 1 fully saturated rings. The van der Waals surface area contributed by atoms with E-state index < -0.39 is 12.1 Å². The molecule has 0 spiro atoms. The third-order valence-electron chi connectivity index (χ3n) is 3.66. The van der Waals surface area contributed by atoms with Crippen LogP contribution in [0.2, 0.25) is 5.02 Å². The lowest BCUT2D eigenvalue weighted by molar-refractivity contribution is -0.150. The van der Waals surface area contributed by atoms with Crippen LogP contribution in [0.4, 0.5) is 0 Å². The Hall–Kier alpha value is -1.55. The van der Waals surface area contributed by atoms with Gasteiger partial charge >= 0.3 is 0 Å². The van der Waals surface area contributed by atoms with Crippen LogP contribution in [0.25, 0.3) is 0 Å². The van der Waals surface area contributed by atoms with E-state index in [9.17, 15) is 9.59 Å². The maximum Gasteiger partial charge on any atom is 0.246 e. The van der Waals surface area contributed by atoms with Gasteiger partial charge in [-0.1, -0.05) is 43.6 Å². The number of nitrogens with zero attached hydrogens (tertiary/aromatic N) is 1. The minimum absolute atomic E-state index is 0.0491. The molecule has 0 aliphatic carbocycles. The Bertz CT molecular complexity index is 530. The number of hydrogen-bond donors (Lipinski definition) is 1. The number of rotatable bonds is 3. The van der Waals surface area contributed by atoms with Gasteiger partial charge in [0.2, 0.25) is 11.8 Å². The molecule has 1 saturated heterocycles. The molecular weight excluding hydrogens is 276 g/mol. The number of hydrogen-bond acceptors (Lipinski definition) is 2. The Balaban J connectivity index is 2.26. The second-order valence-corrected chi connectivity index (χ2v) is 5.87. The fourth-order valence-electron chi connectivity index (χ4n) is 2.32. The van der Waals surface area contributed by atoms with Gasteiger partial charge in [-0.3, -0.25) is 9.59 Å². The Morgan fingerprint density at radius 3 is 2.55 bits per heavy atom. The van der Waals surface area contributed by atoms with Crippen molar-refractivity contribution in [3.8, 4) is 0 Å². The first-order valence-corrected chi connectivity index (χ1v) is 7.14. The van der Waals surface area contributed by atoms with Crippen molar-refractivity contribution in [3.63, 3.8) is 0 Å². The molecule has 2 unspecified atom stereocenters. The average molecular weight is 295 g/mol. The highest BCUT2D eigenvalue weighted by Gasteiger charge is 2.39. The molecule has 1 aliphatic heterocycles. The zero-order chi connectivity index (χ0) is 14.9. The highest BCUT2D eigenvalue weighted by atomic mass is 35.5. The van der Waals surface area contributed by atoms with Crippen molar-refractivity contribution >= 4 is 23.4 Å². The van der Waals surface area contributed by atoms with Crippen LogP contribution >= 0.6 is 11.6 Å². The van der Waals surface area contributed by atoms with E-state index in [0.717, 1.165) is 5.56 Å². The second-order valence-electron chi connectivity index (χ2n) is 5.46. The zero-order valence-electron chi connectivity index (χ0n) is 11.9. The molecule has 0 aromatic heterocycles. The summed E-state index contributed by atoms with van der Waals surface area (Å²) in [5.41, 5.74) is 0.853. The number of carbonyl (C=O) groups is 2. The van der Waals surface area contributed by atoms with E-state index in [0.29, 0.717) is 11.6 Å². The Morgan fingerprint density at radius 2 is 1.95 bits per heavy atom. The van der Waals surface area contributed by atoms with Gasteiger partial charge in [0, 0.05) is 11.6 Å². The highest BCUT2D eigenvalue weighted by molar-refractivity contribution is 6.31. The summed E-state index contributed by atoms with van der Waals surface area (Å²) in [6, 6.07) is 6.45. The van der Waals surface area contributed by atoms with Crippen molar-refractivity contribution in [2.45, 2.75) is 39.4 Å². The van der Waals surface area contributed by atoms with Gasteiger partial charge in [0.25, 0.3) is 0 Å². The van der Waals surface area contributed by atoms with Gasteiger partial charge in [0.15, 0.2) is 0 Å². The summed E-state index contributed by atoms with van der Waals surface area (Å²) in [4.78, 5) is 26.1. The molecule has 1 heterocycles. The molecule has 1 aliphatic rings. The number of benzene rings is 1. The molecule has 2 amide bonds. The monoisotopic (exact) mass is 294 g/mol. The minimum Gasteiger partial charge on any atom is -0.342 e. The van der Waals surface area contributed by atoms with E-state index in [1.165, 1.54) is 0 Å². The number of halogens is 1. The normalized spacial score (nSPS) is 23.1. The topological polar surface area (TPSA) is 49.4 Å². The van der Waals surface area contributed by atoms with Crippen molar-refractivity contribution < 1.29 is 9.59 Å². The summed E-state index contributed by atoms with van der Waals surface area (Å²) in [7, 11) is 0. The quantitative estimate of drug-likeness (QED) is 0.929. The smallest absolute Gasteiger partial charge is 0.246 e. The summed E-state index contributed by atoms with van der Waals surface area (Å²) < 4.78 is 0. The molecule has 5 heteroatoms. The number of nitrogens with one attached hydrogen (secondary N) is 1. The number of carbonyl (C=O) groups excluding carboxylic acids is 2. The first-order chi connectivity index (χ1) is 9.41. The Labute approximate surface area is 124 Å². The van der Waals surface area contributed by atoms with Gasteiger partial charge in [-0.2, -0.15) is 0 Å². The van der Waals surface area contributed by atoms with Crippen LogP contribution in [-0.2, 0) is 16.1 Å². The number of amides is 2. The molecular formula is C15H19ClN2O2. The van der Waals surface area contributed by atoms with E-state index in [1.54, 1.807) is 17.9 Å². The van der Waals surface area contributed by atoms with E-state index >= 15 is 0 Å². The first-order valence-electron chi connectivity index (χ1n) is 6.76.